The van der Waals surface area contributed by atoms with Gasteiger partial charge in [0.15, 0.2) is 0 Å². The Kier molecular flexibility index (Phi) is 6.14. The fourth-order valence-corrected chi connectivity index (χ4v) is 3.20. The number of aromatic hydroxyl groups is 1. The van der Waals surface area contributed by atoms with Crippen LogP contribution >= 0.6 is 0 Å². The van der Waals surface area contributed by atoms with Gasteiger partial charge in [0.2, 0.25) is 5.91 Å². The molecule has 6 nitrogen and oxygen atoms in total. The number of hydrogen-bond acceptors (Lipinski definition) is 4. The van der Waals surface area contributed by atoms with Gasteiger partial charge in [-0.2, -0.15) is 0 Å². The van der Waals surface area contributed by atoms with Crippen molar-refractivity contribution < 1.29 is 9.90 Å². The number of carbonyl (C=O) groups is 1. The van der Waals surface area contributed by atoms with E-state index in [1.807, 2.05) is 19.1 Å². The van der Waals surface area contributed by atoms with Crippen LogP contribution in [-0.2, 0) is 24.2 Å². The fourth-order valence-electron chi connectivity index (χ4n) is 3.20. The Morgan fingerprint density at radius 1 is 1.26 bits per heavy atom. The SMILES string of the molecule is Cc1ccc(CNC(=O)CCc2nnc(CCC(C)C)n2C2CC2)c(O)c1. The zero-order valence-electron chi connectivity index (χ0n) is 16.5. The number of carbonyl (C=O) groups excluding carboxylic acids is 1. The monoisotopic (exact) mass is 370 g/mol. The maximum atomic E-state index is 12.2. The molecule has 1 heterocycles. The van der Waals surface area contributed by atoms with Crippen LogP contribution in [-0.4, -0.2) is 25.8 Å². The van der Waals surface area contributed by atoms with E-state index >= 15 is 0 Å². The topological polar surface area (TPSA) is 80.0 Å². The summed E-state index contributed by atoms with van der Waals surface area (Å²) in [6.07, 6.45) is 5.38. The number of aryl methyl sites for hydroxylation is 3. The Labute approximate surface area is 161 Å². The number of nitrogens with one attached hydrogen (secondary N) is 1. The first-order valence-electron chi connectivity index (χ1n) is 9.92. The standard InChI is InChI=1S/C21H30N4O2/c1-14(2)4-9-19-23-24-20(25(19)17-7-8-17)10-11-21(27)22-13-16-6-5-15(3)12-18(16)26/h5-6,12,14,17,26H,4,7-11,13H2,1-3H3,(H,22,27). The molecule has 146 valence electrons. The predicted octanol–water partition coefficient (Wildman–Crippen LogP) is 3.46. The van der Waals surface area contributed by atoms with Crippen LogP contribution in [0.5, 0.6) is 5.75 Å². The molecule has 3 rings (SSSR count). The van der Waals surface area contributed by atoms with Crippen molar-refractivity contribution in [3.8, 4) is 5.75 Å². The van der Waals surface area contributed by atoms with Gasteiger partial charge in [0.1, 0.15) is 17.4 Å². The van der Waals surface area contributed by atoms with Crippen molar-refractivity contribution in [3.05, 3.63) is 41.0 Å². The zero-order valence-corrected chi connectivity index (χ0v) is 16.5. The summed E-state index contributed by atoms with van der Waals surface area (Å²) in [6.45, 7) is 6.69. The quantitative estimate of drug-likeness (QED) is 0.708. The van der Waals surface area contributed by atoms with E-state index in [9.17, 15) is 9.90 Å². The van der Waals surface area contributed by atoms with Gasteiger partial charge in [-0.1, -0.05) is 26.0 Å². The summed E-state index contributed by atoms with van der Waals surface area (Å²) >= 11 is 0. The van der Waals surface area contributed by atoms with Gasteiger partial charge in [-0.25, -0.2) is 0 Å². The Balaban J connectivity index is 1.54. The molecule has 1 fully saturated rings. The molecular formula is C21H30N4O2. The molecule has 0 spiro atoms. The largest absolute Gasteiger partial charge is 0.508 e. The lowest BCUT2D eigenvalue weighted by molar-refractivity contribution is -0.121. The molecule has 1 aliphatic carbocycles. The van der Waals surface area contributed by atoms with Crippen LogP contribution in [0.2, 0.25) is 0 Å². The molecule has 0 saturated heterocycles. The summed E-state index contributed by atoms with van der Waals surface area (Å²) in [5.41, 5.74) is 1.72. The first-order chi connectivity index (χ1) is 12.9. The van der Waals surface area contributed by atoms with E-state index in [1.165, 1.54) is 12.8 Å². The number of nitrogens with zero attached hydrogens (tertiary/aromatic N) is 3. The van der Waals surface area contributed by atoms with Crippen molar-refractivity contribution >= 4 is 5.91 Å². The fraction of sp³-hybridized carbons (Fsp3) is 0.571. The highest BCUT2D eigenvalue weighted by atomic mass is 16.3. The smallest absolute Gasteiger partial charge is 0.220 e. The minimum absolute atomic E-state index is 0.0379. The Morgan fingerprint density at radius 2 is 1.96 bits per heavy atom. The van der Waals surface area contributed by atoms with E-state index in [4.69, 9.17) is 0 Å². The highest BCUT2D eigenvalue weighted by Crippen LogP contribution is 2.37. The predicted molar refractivity (Wildman–Crippen MR) is 104 cm³/mol. The van der Waals surface area contributed by atoms with E-state index in [2.05, 4.69) is 33.9 Å². The normalized spacial score (nSPS) is 13.9. The second-order valence-corrected chi connectivity index (χ2v) is 7.98. The Morgan fingerprint density at radius 3 is 2.59 bits per heavy atom. The minimum Gasteiger partial charge on any atom is -0.508 e. The minimum atomic E-state index is -0.0379. The first kappa shape index (κ1) is 19.4. The van der Waals surface area contributed by atoms with Gasteiger partial charge in [0, 0.05) is 37.4 Å². The maximum absolute atomic E-state index is 12.2. The molecule has 0 bridgehead atoms. The van der Waals surface area contributed by atoms with E-state index in [-0.39, 0.29) is 11.7 Å². The summed E-state index contributed by atoms with van der Waals surface area (Å²) in [5.74, 6) is 2.81. The van der Waals surface area contributed by atoms with Crippen molar-refractivity contribution in [3.63, 3.8) is 0 Å². The molecule has 1 aromatic carbocycles. The number of benzene rings is 1. The van der Waals surface area contributed by atoms with Crippen LogP contribution in [0.1, 0.15) is 68.3 Å². The van der Waals surface area contributed by atoms with E-state index in [1.54, 1.807) is 6.07 Å². The van der Waals surface area contributed by atoms with Crippen molar-refractivity contribution in [1.29, 1.82) is 0 Å². The van der Waals surface area contributed by atoms with Gasteiger partial charge in [0.05, 0.1) is 0 Å². The molecule has 1 saturated carbocycles. The van der Waals surface area contributed by atoms with Crippen molar-refractivity contribution in [2.45, 2.75) is 71.9 Å². The number of phenols is 1. The van der Waals surface area contributed by atoms with Gasteiger partial charge < -0.3 is 15.0 Å². The van der Waals surface area contributed by atoms with Crippen LogP contribution < -0.4 is 5.32 Å². The highest BCUT2D eigenvalue weighted by Gasteiger charge is 2.29. The Hall–Kier alpha value is -2.37. The highest BCUT2D eigenvalue weighted by molar-refractivity contribution is 5.76. The summed E-state index contributed by atoms with van der Waals surface area (Å²) in [4.78, 5) is 12.2. The lowest BCUT2D eigenvalue weighted by atomic mass is 10.1. The van der Waals surface area contributed by atoms with Crippen LogP contribution in [0.3, 0.4) is 0 Å². The number of amides is 1. The van der Waals surface area contributed by atoms with Gasteiger partial charge >= 0.3 is 0 Å². The summed E-state index contributed by atoms with van der Waals surface area (Å²) in [6, 6.07) is 6.00. The number of hydrogen-bond donors (Lipinski definition) is 2. The number of rotatable bonds is 9. The molecule has 1 amide bonds. The molecule has 0 unspecified atom stereocenters. The van der Waals surface area contributed by atoms with Crippen molar-refractivity contribution in [2.75, 3.05) is 0 Å². The molecule has 1 aliphatic rings. The van der Waals surface area contributed by atoms with Crippen LogP contribution in [0.25, 0.3) is 0 Å². The second-order valence-electron chi connectivity index (χ2n) is 7.98. The van der Waals surface area contributed by atoms with Gasteiger partial charge in [-0.05, 0) is 43.7 Å². The average Bonchev–Trinajstić information content (AvgIpc) is 3.37. The van der Waals surface area contributed by atoms with Gasteiger partial charge in [-0.3, -0.25) is 4.79 Å². The van der Waals surface area contributed by atoms with Crippen LogP contribution in [0.15, 0.2) is 18.2 Å². The first-order valence-corrected chi connectivity index (χ1v) is 9.92. The van der Waals surface area contributed by atoms with E-state index in [0.29, 0.717) is 31.3 Å². The summed E-state index contributed by atoms with van der Waals surface area (Å²) in [5, 5.41) is 21.6. The van der Waals surface area contributed by atoms with E-state index < -0.39 is 0 Å². The molecular weight excluding hydrogens is 340 g/mol. The summed E-state index contributed by atoms with van der Waals surface area (Å²) in [7, 11) is 0. The third-order valence-corrected chi connectivity index (χ3v) is 4.99. The Bertz CT molecular complexity index is 793. The molecule has 27 heavy (non-hydrogen) atoms. The van der Waals surface area contributed by atoms with Crippen LogP contribution in [0, 0.1) is 12.8 Å². The third kappa shape index (κ3) is 5.31. The van der Waals surface area contributed by atoms with Crippen molar-refractivity contribution in [1.82, 2.24) is 20.1 Å². The number of aromatic nitrogens is 3. The van der Waals surface area contributed by atoms with Gasteiger partial charge in [-0.15, -0.1) is 10.2 Å². The van der Waals surface area contributed by atoms with E-state index in [0.717, 1.165) is 35.6 Å². The molecule has 2 aromatic rings. The molecule has 2 N–H and O–H groups in total. The number of phenolic OH excluding ortho intramolecular Hbond substituents is 1. The van der Waals surface area contributed by atoms with Gasteiger partial charge in [0.25, 0.3) is 0 Å². The third-order valence-electron chi connectivity index (χ3n) is 4.99. The van der Waals surface area contributed by atoms with Crippen LogP contribution in [0.4, 0.5) is 0 Å². The lowest BCUT2D eigenvalue weighted by Crippen LogP contribution is -2.23. The molecule has 0 atom stereocenters. The molecule has 0 aliphatic heterocycles. The lowest BCUT2D eigenvalue weighted by Gasteiger charge is -2.11. The molecule has 0 radical (unpaired) electrons. The zero-order chi connectivity index (χ0) is 19.4. The second kappa shape index (κ2) is 8.55. The summed E-state index contributed by atoms with van der Waals surface area (Å²) < 4.78 is 2.27. The molecule has 6 heteroatoms. The average molecular weight is 370 g/mol. The molecule has 1 aromatic heterocycles. The maximum Gasteiger partial charge on any atom is 0.220 e. The van der Waals surface area contributed by atoms with Crippen molar-refractivity contribution in [2.24, 2.45) is 5.92 Å².